The van der Waals surface area contributed by atoms with Crippen LogP contribution in [0.25, 0.3) is 0 Å². The first-order chi connectivity index (χ1) is 8.62. The van der Waals surface area contributed by atoms with E-state index in [2.05, 4.69) is 0 Å². The fourth-order valence-electron chi connectivity index (χ4n) is 2.16. The third-order valence-corrected chi connectivity index (χ3v) is 3.47. The van der Waals surface area contributed by atoms with Crippen molar-refractivity contribution in [3.8, 4) is 0 Å². The van der Waals surface area contributed by atoms with Gasteiger partial charge in [0.15, 0.2) is 5.60 Å². The largest absolute Gasteiger partial charge is 0.479 e. The lowest BCUT2D eigenvalue weighted by Crippen LogP contribution is -2.50. The standard InChI is InChI=1S/C14H19NO3/c15-12(9-11-5-2-1-3-6-11)10-18-14(13(16)17)7-4-8-14/h1-3,5-6,12H,4,7-10,15H2,(H,16,17). The molecule has 3 N–H and O–H groups in total. The minimum atomic E-state index is -0.964. The molecule has 1 aliphatic rings. The van der Waals surface area contributed by atoms with Gasteiger partial charge in [0.1, 0.15) is 0 Å². The minimum Gasteiger partial charge on any atom is -0.479 e. The normalized spacial score (nSPS) is 18.9. The van der Waals surface area contributed by atoms with Crippen LogP contribution in [-0.2, 0) is 16.0 Å². The molecular weight excluding hydrogens is 230 g/mol. The van der Waals surface area contributed by atoms with E-state index >= 15 is 0 Å². The molecule has 1 aromatic rings. The summed E-state index contributed by atoms with van der Waals surface area (Å²) >= 11 is 0. The summed E-state index contributed by atoms with van der Waals surface area (Å²) in [5.41, 5.74) is 6.15. The number of ether oxygens (including phenoxy) is 1. The van der Waals surface area contributed by atoms with Gasteiger partial charge in [0, 0.05) is 6.04 Å². The number of carboxylic acids is 1. The molecule has 1 unspecified atom stereocenters. The SMILES string of the molecule is NC(COC1(C(=O)O)CCC1)Cc1ccccc1. The zero-order chi connectivity index (χ0) is 13.0. The molecule has 0 saturated heterocycles. The van der Waals surface area contributed by atoms with Crippen LogP contribution in [0.5, 0.6) is 0 Å². The number of nitrogens with two attached hydrogens (primary N) is 1. The van der Waals surface area contributed by atoms with Crippen LogP contribution >= 0.6 is 0 Å². The van der Waals surface area contributed by atoms with Crippen molar-refractivity contribution < 1.29 is 14.6 Å². The van der Waals surface area contributed by atoms with Crippen LogP contribution < -0.4 is 5.73 Å². The summed E-state index contributed by atoms with van der Waals surface area (Å²) in [4.78, 5) is 11.1. The zero-order valence-electron chi connectivity index (χ0n) is 10.3. The summed E-state index contributed by atoms with van der Waals surface area (Å²) in [6.45, 7) is 0.293. The van der Waals surface area contributed by atoms with E-state index in [0.717, 1.165) is 12.0 Å². The Hall–Kier alpha value is -1.39. The van der Waals surface area contributed by atoms with Gasteiger partial charge in [-0.2, -0.15) is 0 Å². The molecule has 2 rings (SSSR count). The lowest BCUT2D eigenvalue weighted by Gasteiger charge is -2.38. The molecule has 4 heteroatoms. The van der Waals surface area contributed by atoms with Gasteiger partial charge in [-0.05, 0) is 31.2 Å². The second-order valence-electron chi connectivity index (χ2n) is 4.91. The molecule has 0 aromatic heterocycles. The van der Waals surface area contributed by atoms with E-state index in [-0.39, 0.29) is 6.04 Å². The fourth-order valence-corrected chi connectivity index (χ4v) is 2.16. The molecule has 0 bridgehead atoms. The predicted octanol–water partition coefficient (Wildman–Crippen LogP) is 1.58. The van der Waals surface area contributed by atoms with Gasteiger partial charge in [-0.3, -0.25) is 0 Å². The third-order valence-electron chi connectivity index (χ3n) is 3.47. The minimum absolute atomic E-state index is 0.163. The van der Waals surface area contributed by atoms with Crippen LogP contribution in [0.4, 0.5) is 0 Å². The number of hydrogen-bond donors (Lipinski definition) is 2. The predicted molar refractivity (Wildman–Crippen MR) is 68.3 cm³/mol. The summed E-state index contributed by atoms with van der Waals surface area (Å²) in [7, 11) is 0. The maximum Gasteiger partial charge on any atom is 0.335 e. The molecule has 1 aliphatic carbocycles. The number of hydrogen-bond acceptors (Lipinski definition) is 3. The smallest absolute Gasteiger partial charge is 0.335 e. The van der Waals surface area contributed by atoms with Crippen molar-refractivity contribution in [2.75, 3.05) is 6.61 Å². The highest BCUT2D eigenvalue weighted by molar-refractivity contribution is 5.78. The Labute approximate surface area is 107 Å². The topological polar surface area (TPSA) is 72.5 Å². The first kappa shape index (κ1) is 13.1. The van der Waals surface area contributed by atoms with Crippen LogP contribution in [0.2, 0.25) is 0 Å². The summed E-state index contributed by atoms with van der Waals surface area (Å²) in [5, 5.41) is 9.12. The van der Waals surface area contributed by atoms with Crippen molar-refractivity contribution in [1.29, 1.82) is 0 Å². The molecule has 4 nitrogen and oxygen atoms in total. The lowest BCUT2D eigenvalue weighted by atomic mass is 9.80. The van der Waals surface area contributed by atoms with Gasteiger partial charge >= 0.3 is 5.97 Å². The average molecular weight is 249 g/mol. The maximum absolute atomic E-state index is 11.1. The van der Waals surface area contributed by atoms with Crippen molar-refractivity contribution >= 4 is 5.97 Å². The van der Waals surface area contributed by atoms with Gasteiger partial charge in [0.05, 0.1) is 6.61 Å². The second-order valence-corrected chi connectivity index (χ2v) is 4.91. The van der Waals surface area contributed by atoms with Gasteiger partial charge in [0.25, 0.3) is 0 Å². The van der Waals surface area contributed by atoms with Gasteiger partial charge in [-0.1, -0.05) is 30.3 Å². The maximum atomic E-state index is 11.1. The average Bonchev–Trinajstić information content (AvgIpc) is 2.28. The van der Waals surface area contributed by atoms with E-state index in [1.165, 1.54) is 0 Å². The van der Waals surface area contributed by atoms with E-state index in [1.54, 1.807) is 0 Å². The molecule has 0 aliphatic heterocycles. The van der Waals surface area contributed by atoms with Crippen LogP contribution in [-0.4, -0.2) is 29.3 Å². The Morgan fingerprint density at radius 3 is 2.56 bits per heavy atom. The molecule has 0 radical (unpaired) electrons. The van der Waals surface area contributed by atoms with E-state index < -0.39 is 11.6 Å². The van der Waals surface area contributed by atoms with Crippen LogP contribution in [0.1, 0.15) is 24.8 Å². The third kappa shape index (κ3) is 2.89. The molecule has 18 heavy (non-hydrogen) atoms. The van der Waals surface area contributed by atoms with Gasteiger partial charge < -0.3 is 15.6 Å². The van der Waals surface area contributed by atoms with Crippen LogP contribution in [0.3, 0.4) is 0 Å². The van der Waals surface area contributed by atoms with Crippen molar-refractivity contribution in [2.24, 2.45) is 5.73 Å². The number of aliphatic carboxylic acids is 1. The molecule has 98 valence electrons. The monoisotopic (exact) mass is 249 g/mol. The first-order valence-corrected chi connectivity index (χ1v) is 6.29. The highest BCUT2D eigenvalue weighted by Crippen LogP contribution is 2.35. The molecule has 1 atom stereocenters. The summed E-state index contributed by atoms with van der Waals surface area (Å²) in [6, 6.07) is 9.75. The molecule has 1 saturated carbocycles. The van der Waals surface area contributed by atoms with E-state index in [9.17, 15) is 4.79 Å². The quantitative estimate of drug-likeness (QED) is 0.803. The molecule has 0 heterocycles. The Morgan fingerprint density at radius 2 is 2.06 bits per heavy atom. The van der Waals surface area contributed by atoms with Gasteiger partial charge in [0.2, 0.25) is 0 Å². The number of carboxylic acid groups (broad SMARTS) is 1. The highest BCUT2D eigenvalue weighted by atomic mass is 16.5. The van der Waals surface area contributed by atoms with Crippen LogP contribution in [0, 0.1) is 0 Å². The Morgan fingerprint density at radius 1 is 1.39 bits per heavy atom. The number of carbonyl (C=O) groups is 1. The molecule has 1 fully saturated rings. The van der Waals surface area contributed by atoms with E-state index in [1.807, 2.05) is 30.3 Å². The zero-order valence-corrected chi connectivity index (χ0v) is 10.3. The van der Waals surface area contributed by atoms with Crippen molar-refractivity contribution in [1.82, 2.24) is 0 Å². The second kappa shape index (κ2) is 5.50. The van der Waals surface area contributed by atoms with Gasteiger partial charge in [-0.15, -0.1) is 0 Å². The van der Waals surface area contributed by atoms with Crippen LogP contribution in [0.15, 0.2) is 30.3 Å². The van der Waals surface area contributed by atoms with E-state index in [0.29, 0.717) is 25.9 Å². The Bertz CT molecular complexity index is 401. The lowest BCUT2D eigenvalue weighted by molar-refractivity contribution is -0.179. The van der Waals surface area contributed by atoms with Crippen molar-refractivity contribution in [3.63, 3.8) is 0 Å². The Balaban J connectivity index is 1.81. The molecule has 1 aromatic carbocycles. The van der Waals surface area contributed by atoms with Gasteiger partial charge in [-0.25, -0.2) is 4.79 Å². The van der Waals surface area contributed by atoms with Crippen molar-refractivity contribution in [3.05, 3.63) is 35.9 Å². The molecule has 0 spiro atoms. The van der Waals surface area contributed by atoms with E-state index in [4.69, 9.17) is 15.6 Å². The number of benzene rings is 1. The summed E-state index contributed by atoms with van der Waals surface area (Å²) < 4.78 is 5.54. The molecule has 0 amide bonds. The number of rotatable bonds is 6. The Kier molecular flexibility index (Phi) is 3.99. The summed E-state index contributed by atoms with van der Waals surface area (Å²) in [6.07, 6.45) is 2.82. The van der Waals surface area contributed by atoms with Crippen molar-refractivity contribution in [2.45, 2.75) is 37.3 Å². The molecular formula is C14H19NO3. The summed E-state index contributed by atoms with van der Waals surface area (Å²) in [5.74, 6) is -0.860. The fraction of sp³-hybridized carbons (Fsp3) is 0.500. The highest BCUT2D eigenvalue weighted by Gasteiger charge is 2.45. The first-order valence-electron chi connectivity index (χ1n) is 6.29.